The second kappa shape index (κ2) is 8.94. The van der Waals surface area contributed by atoms with Crippen molar-refractivity contribution in [1.82, 2.24) is 9.47 Å². The number of halogens is 4. The highest BCUT2D eigenvalue weighted by Gasteiger charge is 2.34. The Labute approximate surface area is 158 Å². The Kier molecular flexibility index (Phi) is 6.90. The lowest BCUT2D eigenvalue weighted by Gasteiger charge is -2.18. The third-order valence-corrected chi connectivity index (χ3v) is 4.03. The van der Waals surface area contributed by atoms with E-state index >= 15 is 0 Å². The summed E-state index contributed by atoms with van der Waals surface area (Å²) in [6.07, 6.45) is -3.08. The number of amides is 1. The van der Waals surface area contributed by atoms with E-state index in [-0.39, 0.29) is 0 Å². The van der Waals surface area contributed by atoms with E-state index in [0.717, 1.165) is 16.8 Å². The SMILES string of the molecule is CN(CCCOc1ccc(Cl)cc1)C(=O)Cn1cccc(C(F)(F)F)c1=O. The number of likely N-dealkylation sites (N-methyl/N-ethyl adjacent to an activating group) is 1. The van der Waals surface area contributed by atoms with Gasteiger partial charge in [-0.1, -0.05) is 11.6 Å². The maximum atomic E-state index is 12.8. The highest BCUT2D eigenvalue weighted by atomic mass is 35.5. The topological polar surface area (TPSA) is 51.5 Å². The van der Waals surface area contributed by atoms with Gasteiger partial charge in [0, 0.05) is 24.8 Å². The molecule has 1 heterocycles. The molecule has 0 saturated carbocycles. The van der Waals surface area contributed by atoms with Crippen molar-refractivity contribution in [1.29, 1.82) is 0 Å². The normalized spacial score (nSPS) is 11.3. The van der Waals surface area contributed by atoms with E-state index in [0.29, 0.717) is 36.4 Å². The summed E-state index contributed by atoms with van der Waals surface area (Å²) in [6.45, 7) is 0.222. The lowest BCUT2D eigenvalue weighted by molar-refractivity contribution is -0.139. The van der Waals surface area contributed by atoms with Gasteiger partial charge in [0.2, 0.25) is 5.91 Å². The van der Waals surface area contributed by atoms with Crippen LogP contribution in [0.2, 0.25) is 5.02 Å². The summed E-state index contributed by atoms with van der Waals surface area (Å²) >= 11 is 5.78. The Morgan fingerprint density at radius 3 is 2.52 bits per heavy atom. The lowest BCUT2D eigenvalue weighted by atomic mass is 10.2. The van der Waals surface area contributed by atoms with Crippen molar-refractivity contribution in [3.63, 3.8) is 0 Å². The molecule has 2 rings (SSSR count). The minimum Gasteiger partial charge on any atom is -0.494 e. The second-order valence-corrected chi connectivity index (χ2v) is 6.26. The molecule has 5 nitrogen and oxygen atoms in total. The Bertz CT molecular complexity index is 835. The molecule has 0 atom stereocenters. The van der Waals surface area contributed by atoms with Crippen LogP contribution < -0.4 is 10.3 Å². The maximum absolute atomic E-state index is 12.8. The van der Waals surface area contributed by atoms with Crippen molar-refractivity contribution >= 4 is 17.5 Å². The number of nitrogens with zero attached hydrogens (tertiary/aromatic N) is 2. The predicted octanol–water partition coefficient (Wildman–Crippen LogP) is 3.45. The molecule has 0 aliphatic heterocycles. The number of alkyl halides is 3. The average Bonchev–Trinajstić information content (AvgIpc) is 2.60. The minimum absolute atomic E-state index is 0.333. The number of carbonyl (C=O) groups is 1. The van der Waals surface area contributed by atoms with Gasteiger partial charge in [-0.15, -0.1) is 0 Å². The molecule has 146 valence electrons. The van der Waals surface area contributed by atoms with E-state index < -0.39 is 29.8 Å². The van der Waals surface area contributed by atoms with Crippen molar-refractivity contribution < 1.29 is 22.7 Å². The molecule has 1 aromatic heterocycles. The summed E-state index contributed by atoms with van der Waals surface area (Å²) in [7, 11) is 1.52. The fraction of sp³-hybridized carbons (Fsp3) is 0.333. The zero-order valence-electron chi connectivity index (χ0n) is 14.5. The predicted molar refractivity (Wildman–Crippen MR) is 94.9 cm³/mol. The molecule has 0 aliphatic carbocycles. The average molecular weight is 403 g/mol. The first kappa shape index (κ1) is 20.8. The van der Waals surface area contributed by atoms with Crippen LogP contribution in [0.3, 0.4) is 0 Å². The Morgan fingerprint density at radius 2 is 1.89 bits per heavy atom. The van der Waals surface area contributed by atoms with E-state index in [1.54, 1.807) is 24.3 Å². The van der Waals surface area contributed by atoms with Crippen molar-refractivity contribution in [3.8, 4) is 5.75 Å². The molecule has 9 heteroatoms. The fourth-order valence-electron chi connectivity index (χ4n) is 2.29. The highest BCUT2D eigenvalue weighted by molar-refractivity contribution is 6.30. The van der Waals surface area contributed by atoms with E-state index in [4.69, 9.17) is 16.3 Å². The molecule has 1 aromatic carbocycles. The Hall–Kier alpha value is -2.48. The van der Waals surface area contributed by atoms with Crippen molar-refractivity contribution in [2.75, 3.05) is 20.2 Å². The van der Waals surface area contributed by atoms with Gasteiger partial charge in [-0.2, -0.15) is 13.2 Å². The summed E-state index contributed by atoms with van der Waals surface area (Å²) in [6, 6.07) is 8.62. The molecule has 0 aliphatic rings. The van der Waals surface area contributed by atoms with Crippen LogP contribution in [0, 0.1) is 0 Å². The van der Waals surface area contributed by atoms with Gasteiger partial charge < -0.3 is 14.2 Å². The number of hydrogen-bond acceptors (Lipinski definition) is 3. The minimum atomic E-state index is -4.76. The van der Waals surface area contributed by atoms with Crippen LogP contribution >= 0.6 is 11.6 Å². The van der Waals surface area contributed by atoms with Gasteiger partial charge in [0.1, 0.15) is 17.9 Å². The maximum Gasteiger partial charge on any atom is 0.421 e. The van der Waals surface area contributed by atoms with E-state index in [2.05, 4.69) is 0 Å². The number of carbonyl (C=O) groups excluding carboxylic acids is 1. The molecule has 0 bridgehead atoms. The first-order chi connectivity index (χ1) is 12.7. The number of rotatable bonds is 7. The first-order valence-electron chi connectivity index (χ1n) is 8.07. The van der Waals surface area contributed by atoms with Crippen LogP contribution in [0.1, 0.15) is 12.0 Å². The molecule has 0 spiro atoms. The molecule has 0 saturated heterocycles. The van der Waals surface area contributed by atoms with Gasteiger partial charge in [0.15, 0.2) is 0 Å². The molecule has 27 heavy (non-hydrogen) atoms. The second-order valence-electron chi connectivity index (χ2n) is 5.82. The number of benzene rings is 1. The van der Waals surface area contributed by atoms with Crippen LogP contribution in [-0.4, -0.2) is 35.6 Å². The Morgan fingerprint density at radius 1 is 1.22 bits per heavy atom. The first-order valence-corrected chi connectivity index (χ1v) is 8.45. The Balaban J connectivity index is 1.85. The van der Waals surface area contributed by atoms with Crippen LogP contribution in [0.15, 0.2) is 47.4 Å². The smallest absolute Gasteiger partial charge is 0.421 e. The van der Waals surface area contributed by atoms with Crippen LogP contribution in [0.4, 0.5) is 13.2 Å². The van der Waals surface area contributed by atoms with Gasteiger partial charge in [-0.3, -0.25) is 9.59 Å². The fourth-order valence-corrected chi connectivity index (χ4v) is 2.42. The van der Waals surface area contributed by atoms with Gasteiger partial charge in [-0.25, -0.2) is 0 Å². The summed E-state index contributed by atoms with van der Waals surface area (Å²) in [5, 5.41) is 0.595. The standard InChI is InChI=1S/C18H18ClF3N2O3/c1-23(9-3-11-27-14-7-5-13(19)6-8-14)16(25)12-24-10-2-4-15(17(24)26)18(20,21)22/h2,4-8,10H,3,9,11-12H2,1H3. The third-order valence-electron chi connectivity index (χ3n) is 3.78. The van der Waals surface area contributed by atoms with Gasteiger partial charge in [0.25, 0.3) is 5.56 Å². The highest BCUT2D eigenvalue weighted by Crippen LogP contribution is 2.25. The monoisotopic (exact) mass is 402 g/mol. The molecule has 0 unspecified atom stereocenters. The summed E-state index contributed by atoms with van der Waals surface area (Å²) < 4.78 is 44.5. The molecule has 1 amide bonds. The van der Waals surface area contributed by atoms with Crippen LogP contribution in [0.5, 0.6) is 5.75 Å². The molecular formula is C18H18ClF3N2O3. The van der Waals surface area contributed by atoms with E-state index in [1.165, 1.54) is 11.9 Å². The molecule has 0 N–H and O–H groups in total. The van der Waals surface area contributed by atoms with Crippen molar-refractivity contribution in [2.45, 2.75) is 19.1 Å². The van der Waals surface area contributed by atoms with Gasteiger partial charge >= 0.3 is 6.18 Å². The van der Waals surface area contributed by atoms with E-state index in [9.17, 15) is 22.8 Å². The summed E-state index contributed by atoms with van der Waals surface area (Å²) in [5.74, 6) is 0.173. The quantitative estimate of drug-likeness (QED) is 0.666. The van der Waals surface area contributed by atoms with Crippen molar-refractivity contribution in [3.05, 3.63) is 63.5 Å². The largest absolute Gasteiger partial charge is 0.494 e. The van der Waals surface area contributed by atoms with Crippen LogP contribution in [-0.2, 0) is 17.5 Å². The third kappa shape index (κ3) is 6.02. The summed E-state index contributed by atoms with van der Waals surface area (Å²) in [4.78, 5) is 25.4. The van der Waals surface area contributed by atoms with Gasteiger partial charge in [0.05, 0.1) is 6.61 Å². The molecule has 0 fully saturated rings. The lowest BCUT2D eigenvalue weighted by Crippen LogP contribution is -2.36. The van der Waals surface area contributed by atoms with Crippen LogP contribution in [0.25, 0.3) is 0 Å². The molecule has 2 aromatic rings. The zero-order chi connectivity index (χ0) is 20.0. The number of ether oxygens (including phenoxy) is 1. The molecular weight excluding hydrogens is 385 g/mol. The summed E-state index contributed by atoms with van der Waals surface area (Å²) in [5.41, 5.74) is -2.53. The number of hydrogen-bond donors (Lipinski definition) is 0. The molecule has 0 radical (unpaired) electrons. The van der Waals surface area contributed by atoms with Crippen molar-refractivity contribution in [2.24, 2.45) is 0 Å². The van der Waals surface area contributed by atoms with Gasteiger partial charge in [-0.05, 0) is 42.8 Å². The number of pyridine rings is 1. The number of aromatic nitrogens is 1. The van der Waals surface area contributed by atoms with E-state index in [1.807, 2.05) is 0 Å². The zero-order valence-corrected chi connectivity index (χ0v) is 15.3.